The number of nitrogens with zero attached hydrogens (tertiary/aromatic N) is 3. The van der Waals surface area contributed by atoms with Gasteiger partial charge in [0.25, 0.3) is 5.91 Å². The molecule has 0 spiro atoms. The Morgan fingerprint density at radius 3 is 2.75 bits per heavy atom. The molecule has 0 aliphatic carbocycles. The number of nitrogens with two attached hydrogens (primary N) is 1. The molecule has 1 fully saturated rings. The topological polar surface area (TPSA) is 150 Å². The Balaban J connectivity index is 2.08. The molecule has 0 saturated carbocycles. The fourth-order valence-corrected chi connectivity index (χ4v) is 1.80. The molecule has 0 unspecified atom stereocenters. The second-order valence-electron chi connectivity index (χ2n) is 4.26. The molecule has 1 aliphatic rings. The number of aliphatic hydroxyl groups excluding tert-OH is 2. The number of amides is 1. The lowest BCUT2D eigenvalue weighted by molar-refractivity contribution is -0.147. The van der Waals surface area contributed by atoms with Gasteiger partial charge in [0.1, 0.15) is 31.2 Å². The van der Waals surface area contributed by atoms with Gasteiger partial charge in [-0.05, 0) is 0 Å². The number of ether oxygens (including phenoxy) is 2. The average Bonchev–Trinajstić information content (AvgIpc) is 2.95. The first-order valence-corrected chi connectivity index (χ1v) is 5.76. The summed E-state index contributed by atoms with van der Waals surface area (Å²) in [5, 5.41) is 23.4. The van der Waals surface area contributed by atoms with E-state index < -0.39 is 36.4 Å². The van der Waals surface area contributed by atoms with Crippen molar-refractivity contribution >= 4 is 11.9 Å². The normalized spacial score (nSPS) is 29.4. The Morgan fingerprint density at radius 1 is 1.50 bits per heavy atom. The summed E-state index contributed by atoms with van der Waals surface area (Å²) in [6.45, 7) is 1.01. The van der Waals surface area contributed by atoms with Crippen LogP contribution >= 0.6 is 0 Å². The Kier molecular flexibility index (Phi) is 3.97. The molecule has 1 saturated heterocycles. The third-order valence-corrected chi connectivity index (χ3v) is 2.78. The van der Waals surface area contributed by atoms with Crippen molar-refractivity contribution in [2.45, 2.75) is 31.5 Å². The van der Waals surface area contributed by atoms with E-state index in [9.17, 15) is 19.8 Å². The van der Waals surface area contributed by atoms with E-state index >= 15 is 0 Å². The molecule has 1 amide bonds. The largest absolute Gasteiger partial charge is 0.463 e. The molecule has 2 rings (SSSR count). The van der Waals surface area contributed by atoms with Gasteiger partial charge in [-0.1, -0.05) is 0 Å². The summed E-state index contributed by atoms with van der Waals surface area (Å²) in [5.41, 5.74) is 5.01. The smallest absolute Gasteiger partial charge is 0.302 e. The van der Waals surface area contributed by atoms with Crippen molar-refractivity contribution in [3.63, 3.8) is 0 Å². The van der Waals surface area contributed by atoms with Gasteiger partial charge >= 0.3 is 5.97 Å². The van der Waals surface area contributed by atoms with Crippen LogP contribution in [0.4, 0.5) is 0 Å². The molecular weight excluding hydrogens is 272 g/mol. The van der Waals surface area contributed by atoms with Gasteiger partial charge < -0.3 is 25.4 Å². The molecule has 1 aliphatic heterocycles. The predicted molar refractivity (Wildman–Crippen MR) is 61.1 cm³/mol. The van der Waals surface area contributed by atoms with Gasteiger partial charge in [-0.2, -0.15) is 0 Å². The van der Waals surface area contributed by atoms with Gasteiger partial charge in [0.05, 0.1) is 0 Å². The lowest BCUT2D eigenvalue weighted by Crippen LogP contribution is -2.34. The highest BCUT2D eigenvalue weighted by Gasteiger charge is 2.44. The molecule has 10 nitrogen and oxygen atoms in total. The average molecular weight is 286 g/mol. The summed E-state index contributed by atoms with van der Waals surface area (Å²) < 4.78 is 11.1. The van der Waals surface area contributed by atoms with Gasteiger partial charge in [-0.25, -0.2) is 9.67 Å². The quantitative estimate of drug-likeness (QED) is 0.516. The third-order valence-electron chi connectivity index (χ3n) is 2.78. The molecule has 1 aromatic rings. The molecule has 0 radical (unpaired) electrons. The standard InChI is InChI=1S/C10H14N4O6/c1-4(15)19-2-5-6(16)7(17)10(20-5)14-3-12-9(13-14)8(11)18/h3,5-7,10,16-17H,2H2,1H3,(H2,11,18)/t5-,6-,7+,10-/m1/s1. The maximum absolute atomic E-state index is 10.9. The molecular formula is C10H14N4O6. The summed E-state index contributed by atoms with van der Waals surface area (Å²) in [7, 11) is 0. The first-order chi connectivity index (χ1) is 9.40. The van der Waals surface area contributed by atoms with Gasteiger partial charge in [0.15, 0.2) is 6.23 Å². The van der Waals surface area contributed by atoms with E-state index in [1.54, 1.807) is 0 Å². The van der Waals surface area contributed by atoms with Crippen LogP contribution in [0, 0.1) is 0 Å². The number of hydrogen-bond acceptors (Lipinski definition) is 8. The van der Waals surface area contributed by atoms with Crippen molar-refractivity contribution in [2.24, 2.45) is 5.73 Å². The van der Waals surface area contributed by atoms with E-state index in [4.69, 9.17) is 15.2 Å². The Morgan fingerprint density at radius 2 is 2.20 bits per heavy atom. The summed E-state index contributed by atoms with van der Waals surface area (Å²) in [6, 6.07) is 0. The molecule has 2 heterocycles. The molecule has 1 aromatic heterocycles. The number of rotatable bonds is 4. The second-order valence-corrected chi connectivity index (χ2v) is 4.26. The van der Waals surface area contributed by atoms with Crippen molar-refractivity contribution in [3.8, 4) is 0 Å². The molecule has 0 bridgehead atoms. The van der Waals surface area contributed by atoms with Gasteiger partial charge in [0, 0.05) is 6.92 Å². The van der Waals surface area contributed by atoms with Crippen LogP contribution in [0.15, 0.2) is 6.33 Å². The zero-order valence-corrected chi connectivity index (χ0v) is 10.5. The molecule has 20 heavy (non-hydrogen) atoms. The predicted octanol–water partition coefficient (Wildman–Crippen LogP) is -2.44. The van der Waals surface area contributed by atoms with Gasteiger partial charge in [0.2, 0.25) is 5.82 Å². The SMILES string of the molecule is CC(=O)OC[C@H]1O[C@@H](n2cnc(C(N)=O)n2)[C@@H](O)[C@@H]1O. The van der Waals surface area contributed by atoms with Crippen molar-refractivity contribution < 1.29 is 29.3 Å². The number of primary amides is 1. The number of hydrogen-bond donors (Lipinski definition) is 3. The number of esters is 1. The molecule has 4 N–H and O–H groups in total. The molecule has 10 heteroatoms. The minimum Gasteiger partial charge on any atom is -0.463 e. The zero-order valence-electron chi connectivity index (χ0n) is 10.5. The van der Waals surface area contributed by atoms with E-state index in [0.29, 0.717) is 0 Å². The highest BCUT2D eigenvalue weighted by molar-refractivity contribution is 5.88. The van der Waals surface area contributed by atoms with Crippen molar-refractivity contribution in [1.29, 1.82) is 0 Å². The van der Waals surface area contributed by atoms with E-state index in [1.807, 2.05) is 0 Å². The maximum atomic E-state index is 10.9. The number of carbonyl (C=O) groups is 2. The zero-order chi connectivity index (χ0) is 14.9. The Labute approximate surface area is 113 Å². The summed E-state index contributed by atoms with van der Waals surface area (Å²) in [5.74, 6) is -1.59. The fraction of sp³-hybridized carbons (Fsp3) is 0.600. The first-order valence-electron chi connectivity index (χ1n) is 5.76. The van der Waals surface area contributed by atoms with E-state index in [1.165, 1.54) is 6.92 Å². The third kappa shape index (κ3) is 2.76. The van der Waals surface area contributed by atoms with Crippen LogP contribution < -0.4 is 5.73 Å². The lowest BCUT2D eigenvalue weighted by atomic mass is 10.1. The highest BCUT2D eigenvalue weighted by atomic mass is 16.6. The van der Waals surface area contributed by atoms with Crippen LogP contribution in [0.2, 0.25) is 0 Å². The summed E-state index contributed by atoms with van der Waals surface area (Å²) in [6.07, 6.45) is -3.38. The van der Waals surface area contributed by atoms with Crippen molar-refractivity contribution in [2.75, 3.05) is 6.61 Å². The molecule has 4 atom stereocenters. The number of carbonyl (C=O) groups excluding carboxylic acids is 2. The minimum absolute atomic E-state index is 0.207. The van der Waals surface area contributed by atoms with Crippen LogP contribution in [0.1, 0.15) is 23.8 Å². The van der Waals surface area contributed by atoms with Crippen LogP contribution in [0.5, 0.6) is 0 Å². The van der Waals surface area contributed by atoms with E-state index in [-0.39, 0.29) is 12.4 Å². The minimum atomic E-state index is -1.31. The second kappa shape index (κ2) is 5.53. The van der Waals surface area contributed by atoms with Crippen molar-refractivity contribution in [1.82, 2.24) is 14.8 Å². The van der Waals surface area contributed by atoms with Gasteiger partial charge in [-0.15, -0.1) is 5.10 Å². The molecule has 110 valence electrons. The van der Waals surface area contributed by atoms with E-state index in [2.05, 4.69) is 10.1 Å². The van der Waals surface area contributed by atoms with E-state index in [0.717, 1.165) is 11.0 Å². The van der Waals surface area contributed by atoms with Crippen LogP contribution in [-0.2, 0) is 14.3 Å². The highest BCUT2D eigenvalue weighted by Crippen LogP contribution is 2.28. The first kappa shape index (κ1) is 14.4. The fourth-order valence-electron chi connectivity index (χ4n) is 1.80. The Bertz CT molecular complexity index is 518. The number of aromatic nitrogens is 3. The monoisotopic (exact) mass is 286 g/mol. The van der Waals surface area contributed by atoms with Crippen LogP contribution in [0.25, 0.3) is 0 Å². The maximum Gasteiger partial charge on any atom is 0.302 e. The molecule has 0 aromatic carbocycles. The summed E-state index contributed by atoms with van der Waals surface area (Å²) in [4.78, 5) is 25.2. The number of aliphatic hydroxyl groups is 2. The Hall–Kier alpha value is -2.04. The van der Waals surface area contributed by atoms with Crippen LogP contribution in [-0.4, -0.2) is 61.8 Å². The van der Waals surface area contributed by atoms with Crippen LogP contribution in [0.3, 0.4) is 0 Å². The lowest BCUT2D eigenvalue weighted by Gasteiger charge is -2.13. The van der Waals surface area contributed by atoms with Crippen molar-refractivity contribution in [3.05, 3.63) is 12.2 Å². The summed E-state index contributed by atoms with van der Waals surface area (Å²) >= 11 is 0. The van der Waals surface area contributed by atoms with Gasteiger partial charge in [-0.3, -0.25) is 9.59 Å².